The highest BCUT2D eigenvalue weighted by Gasteiger charge is 2.33. The molecule has 0 spiro atoms. The molecular weight excluding hydrogens is 298 g/mol. The SMILES string of the molecule is Cc1ccccc1N1CCN(CC(=O)N(CC(C)C)C2CC2)CC1. The minimum atomic E-state index is 0.329. The lowest BCUT2D eigenvalue weighted by Crippen LogP contribution is -2.51. The minimum absolute atomic E-state index is 0.329. The zero-order valence-corrected chi connectivity index (χ0v) is 15.4. The van der Waals surface area contributed by atoms with Crippen molar-refractivity contribution in [2.45, 2.75) is 39.7 Å². The Balaban J connectivity index is 1.51. The molecule has 1 aliphatic heterocycles. The molecule has 1 aliphatic carbocycles. The summed E-state index contributed by atoms with van der Waals surface area (Å²) >= 11 is 0. The molecule has 1 saturated heterocycles. The van der Waals surface area contributed by atoms with E-state index in [1.54, 1.807) is 0 Å². The maximum atomic E-state index is 12.7. The van der Waals surface area contributed by atoms with Crippen LogP contribution in [0.2, 0.25) is 0 Å². The Morgan fingerprint density at radius 1 is 1.17 bits per heavy atom. The standard InChI is InChI=1S/C20H31N3O/c1-16(2)14-23(18-8-9-18)20(24)15-21-10-12-22(13-11-21)19-7-5-4-6-17(19)3/h4-7,16,18H,8-15H2,1-3H3. The van der Waals surface area contributed by atoms with Crippen LogP contribution < -0.4 is 4.90 Å². The normalized spacial score (nSPS) is 18.9. The highest BCUT2D eigenvalue weighted by molar-refractivity contribution is 5.79. The van der Waals surface area contributed by atoms with Crippen LogP contribution in [0.4, 0.5) is 5.69 Å². The average Bonchev–Trinajstić information content (AvgIpc) is 3.38. The summed E-state index contributed by atoms with van der Waals surface area (Å²) in [7, 11) is 0. The molecule has 1 amide bonds. The lowest BCUT2D eigenvalue weighted by atomic mass is 10.1. The third kappa shape index (κ3) is 4.29. The first kappa shape index (κ1) is 17.3. The lowest BCUT2D eigenvalue weighted by molar-refractivity contribution is -0.133. The topological polar surface area (TPSA) is 26.8 Å². The highest BCUT2D eigenvalue weighted by Crippen LogP contribution is 2.28. The second-order valence-corrected chi connectivity index (χ2v) is 7.72. The number of piperazine rings is 1. The molecular formula is C20H31N3O. The van der Waals surface area contributed by atoms with Gasteiger partial charge in [0.05, 0.1) is 6.54 Å². The minimum Gasteiger partial charge on any atom is -0.369 e. The Labute approximate surface area is 146 Å². The molecule has 0 atom stereocenters. The van der Waals surface area contributed by atoms with Gasteiger partial charge in [0.25, 0.3) is 0 Å². The van der Waals surface area contributed by atoms with E-state index in [0.29, 0.717) is 24.4 Å². The summed E-state index contributed by atoms with van der Waals surface area (Å²) in [5.74, 6) is 0.878. The van der Waals surface area contributed by atoms with Gasteiger partial charge in [0, 0.05) is 44.5 Å². The number of rotatable bonds is 6. The van der Waals surface area contributed by atoms with Crippen LogP contribution in [0.3, 0.4) is 0 Å². The van der Waals surface area contributed by atoms with Crippen LogP contribution in [-0.2, 0) is 4.79 Å². The van der Waals surface area contributed by atoms with Crippen molar-refractivity contribution >= 4 is 11.6 Å². The number of benzene rings is 1. The summed E-state index contributed by atoms with van der Waals surface area (Å²) in [5, 5.41) is 0. The Kier molecular flexibility index (Phi) is 5.44. The van der Waals surface area contributed by atoms with Crippen LogP contribution in [-0.4, -0.2) is 61.0 Å². The molecule has 0 unspecified atom stereocenters. The largest absolute Gasteiger partial charge is 0.369 e. The van der Waals surface area contributed by atoms with Gasteiger partial charge in [0.1, 0.15) is 0 Å². The van der Waals surface area contributed by atoms with E-state index in [-0.39, 0.29) is 0 Å². The van der Waals surface area contributed by atoms with Gasteiger partial charge in [-0.05, 0) is 37.3 Å². The zero-order valence-electron chi connectivity index (χ0n) is 15.4. The second-order valence-electron chi connectivity index (χ2n) is 7.72. The number of carbonyl (C=O) groups is 1. The Morgan fingerprint density at radius 3 is 2.42 bits per heavy atom. The van der Waals surface area contributed by atoms with Crippen molar-refractivity contribution in [2.75, 3.05) is 44.2 Å². The van der Waals surface area contributed by atoms with Gasteiger partial charge >= 0.3 is 0 Å². The summed E-state index contributed by atoms with van der Waals surface area (Å²) in [6.07, 6.45) is 2.39. The van der Waals surface area contributed by atoms with Crippen LogP contribution in [0.25, 0.3) is 0 Å². The number of nitrogens with zero attached hydrogens (tertiary/aromatic N) is 3. The van der Waals surface area contributed by atoms with E-state index >= 15 is 0 Å². The summed E-state index contributed by atoms with van der Waals surface area (Å²) in [4.78, 5) is 19.6. The molecule has 3 rings (SSSR count). The van der Waals surface area contributed by atoms with E-state index in [1.807, 2.05) is 0 Å². The van der Waals surface area contributed by atoms with Gasteiger partial charge in [-0.25, -0.2) is 0 Å². The van der Waals surface area contributed by atoms with E-state index in [2.05, 4.69) is 59.7 Å². The number of carbonyl (C=O) groups excluding carboxylic acids is 1. The summed E-state index contributed by atoms with van der Waals surface area (Å²) in [6.45, 7) is 12.0. The first-order valence-electron chi connectivity index (χ1n) is 9.37. The number of aryl methyl sites for hydroxylation is 1. The summed E-state index contributed by atoms with van der Waals surface area (Å²) < 4.78 is 0. The first-order chi connectivity index (χ1) is 11.5. The van der Waals surface area contributed by atoms with Crippen molar-refractivity contribution in [3.63, 3.8) is 0 Å². The molecule has 24 heavy (non-hydrogen) atoms. The fourth-order valence-electron chi connectivity index (χ4n) is 3.58. The van der Waals surface area contributed by atoms with Crippen molar-refractivity contribution in [3.05, 3.63) is 29.8 Å². The molecule has 1 heterocycles. The lowest BCUT2D eigenvalue weighted by Gasteiger charge is -2.37. The Bertz CT molecular complexity index is 560. The molecule has 1 aromatic rings. The fourth-order valence-corrected chi connectivity index (χ4v) is 3.58. The molecule has 0 bridgehead atoms. The molecule has 4 heteroatoms. The molecule has 2 fully saturated rings. The Hall–Kier alpha value is -1.55. The van der Waals surface area contributed by atoms with Gasteiger partial charge in [-0.15, -0.1) is 0 Å². The van der Waals surface area contributed by atoms with Crippen molar-refractivity contribution in [2.24, 2.45) is 5.92 Å². The smallest absolute Gasteiger partial charge is 0.237 e. The molecule has 1 aromatic carbocycles. The predicted molar refractivity (Wildman–Crippen MR) is 99.4 cm³/mol. The monoisotopic (exact) mass is 329 g/mol. The number of hydrogen-bond donors (Lipinski definition) is 0. The molecule has 0 aromatic heterocycles. The van der Waals surface area contributed by atoms with Gasteiger partial charge < -0.3 is 9.80 Å². The van der Waals surface area contributed by atoms with Crippen LogP contribution >= 0.6 is 0 Å². The van der Waals surface area contributed by atoms with E-state index in [9.17, 15) is 4.79 Å². The van der Waals surface area contributed by atoms with E-state index in [0.717, 1.165) is 32.7 Å². The maximum absolute atomic E-state index is 12.7. The summed E-state index contributed by atoms with van der Waals surface area (Å²) in [5.41, 5.74) is 2.67. The molecule has 1 saturated carbocycles. The summed E-state index contributed by atoms with van der Waals surface area (Å²) in [6, 6.07) is 9.10. The van der Waals surface area contributed by atoms with Crippen molar-refractivity contribution in [1.82, 2.24) is 9.80 Å². The van der Waals surface area contributed by atoms with Crippen molar-refractivity contribution < 1.29 is 4.79 Å². The number of hydrogen-bond acceptors (Lipinski definition) is 3. The molecule has 4 nitrogen and oxygen atoms in total. The van der Waals surface area contributed by atoms with Crippen molar-refractivity contribution in [3.8, 4) is 0 Å². The van der Waals surface area contributed by atoms with E-state index in [4.69, 9.17) is 0 Å². The van der Waals surface area contributed by atoms with Crippen LogP contribution in [0.1, 0.15) is 32.3 Å². The van der Waals surface area contributed by atoms with Crippen molar-refractivity contribution in [1.29, 1.82) is 0 Å². The van der Waals surface area contributed by atoms with E-state index in [1.165, 1.54) is 24.1 Å². The second kappa shape index (κ2) is 7.56. The van der Waals surface area contributed by atoms with Gasteiger partial charge in [-0.1, -0.05) is 32.0 Å². The predicted octanol–water partition coefficient (Wildman–Crippen LogP) is 2.76. The van der Waals surface area contributed by atoms with Gasteiger partial charge in [0.2, 0.25) is 5.91 Å². The highest BCUT2D eigenvalue weighted by atomic mass is 16.2. The van der Waals surface area contributed by atoms with Gasteiger partial charge in [0.15, 0.2) is 0 Å². The first-order valence-corrected chi connectivity index (χ1v) is 9.37. The van der Waals surface area contributed by atoms with Crippen LogP contribution in [0.15, 0.2) is 24.3 Å². The number of amides is 1. The van der Waals surface area contributed by atoms with Gasteiger partial charge in [-0.2, -0.15) is 0 Å². The van der Waals surface area contributed by atoms with Crippen LogP contribution in [0.5, 0.6) is 0 Å². The fraction of sp³-hybridized carbons (Fsp3) is 0.650. The number of para-hydroxylation sites is 1. The molecule has 0 radical (unpaired) electrons. The molecule has 2 aliphatic rings. The third-order valence-corrected chi connectivity index (χ3v) is 5.06. The third-order valence-electron chi connectivity index (χ3n) is 5.06. The Morgan fingerprint density at radius 2 is 1.83 bits per heavy atom. The molecule has 0 N–H and O–H groups in total. The molecule has 132 valence electrons. The quantitative estimate of drug-likeness (QED) is 0.803. The van der Waals surface area contributed by atoms with Crippen LogP contribution in [0, 0.1) is 12.8 Å². The van der Waals surface area contributed by atoms with E-state index < -0.39 is 0 Å². The van der Waals surface area contributed by atoms with Gasteiger partial charge in [-0.3, -0.25) is 9.69 Å². The zero-order chi connectivity index (χ0) is 17.1. The number of anilines is 1. The maximum Gasteiger partial charge on any atom is 0.237 e. The average molecular weight is 329 g/mol.